The third-order valence-corrected chi connectivity index (χ3v) is 13.4. The van der Waals surface area contributed by atoms with E-state index >= 15 is 0 Å². The molecule has 51 heavy (non-hydrogen) atoms. The van der Waals surface area contributed by atoms with Crippen LogP contribution in [0.25, 0.3) is 0 Å². The summed E-state index contributed by atoms with van der Waals surface area (Å²) in [5, 5.41) is 0. The van der Waals surface area contributed by atoms with Crippen molar-refractivity contribution in [2.75, 3.05) is 18.5 Å². The van der Waals surface area contributed by atoms with Gasteiger partial charge in [-0.3, -0.25) is 0 Å². The lowest BCUT2D eigenvalue weighted by molar-refractivity contribution is -0.694. The summed E-state index contributed by atoms with van der Waals surface area (Å²) in [4.78, 5) is 0. The summed E-state index contributed by atoms with van der Waals surface area (Å²) < 4.78 is 22.0. The second-order valence-electron chi connectivity index (χ2n) is 14.2. The molecule has 0 bridgehead atoms. The summed E-state index contributed by atoms with van der Waals surface area (Å²) in [6, 6.07) is 45.2. The standard InChI is InChI=1S/C46H53N3OP/c1-38-21-24-44(35-47(38)32-41-14-7-4-8-15-41)20-13-29-51(50,30-27-45-25-22-39(2)48(36-45)33-42-16-9-5-10-17-42)31-28-46-26-23-40(3)49(37-46)34-43-18-11-6-12-19-43/h4-12,14-19,21-26,35-37H,13,20,27-34H2,1-3H3/q+3. The monoisotopic (exact) mass is 694 g/mol. The first-order valence-corrected chi connectivity index (χ1v) is 20.7. The molecule has 3 aromatic carbocycles. The van der Waals surface area contributed by atoms with E-state index in [4.69, 9.17) is 0 Å². The van der Waals surface area contributed by atoms with E-state index in [1.807, 2.05) is 0 Å². The topological polar surface area (TPSA) is 28.7 Å². The lowest BCUT2D eigenvalue weighted by Gasteiger charge is -2.19. The molecule has 0 saturated carbocycles. The van der Waals surface area contributed by atoms with Crippen molar-refractivity contribution >= 4 is 7.14 Å². The zero-order chi connectivity index (χ0) is 35.5. The van der Waals surface area contributed by atoms with Gasteiger partial charge in [0.1, 0.15) is 0 Å². The highest BCUT2D eigenvalue weighted by atomic mass is 31.2. The van der Waals surface area contributed by atoms with Gasteiger partial charge in [-0.2, -0.15) is 13.7 Å². The molecule has 3 heterocycles. The second-order valence-corrected chi connectivity index (χ2v) is 17.7. The lowest BCUT2D eigenvalue weighted by atomic mass is 10.1. The van der Waals surface area contributed by atoms with Crippen molar-refractivity contribution in [2.45, 2.75) is 66.1 Å². The number of hydrogen-bond donors (Lipinski definition) is 0. The molecule has 6 aromatic rings. The Hall–Kier alpha value is -4.66. The Morgan fingerprint density at radius 1 is 0.392 bits per heavy atom. The Labute approximate surface area is 305 Å². The highest BCUT2D eigenvalue weighted by Crippen LogP contribution is 2.47. The fourth-order valence-corrected chi connectivity index (χ4v) is 9.61. The molecule has 0 amide bonds. The van der Waals surface area contributed by atoms with Crippen molar-refractivity contribution in [3.05, 3.63) is 196 Å². The quantitative estimate of drug-likeness (QED) is 0.0739. The molecule has 0 N–H and O–H groups in total. The van der Waals surface area contributed by atoms with Gasteiger partial charge in [-0.25, -0.2) is 0 Å². The predicted molar refractivity (Wildman–Crippen MR) is 209 cm³/mol. The van der Waals surface area contributed by atoms with E-state index in [0.29, 0.717) is 0 Å². The average Bonchev–Trinajstić information content (AvgIpc) is 3.15. The van der Waals surface area contributed by atoms with Gasteiger partial charge in [0, 0.05) is 90.8 Å². The van der Waals surface area contributed by atoms with Crippen molar-refractivity contribution in [2.24, 2.45) is 0 Å². The van der Waals surface area contributed by atoms with Crippen molar-refractivity contribution in [1.29, 1.82) is 0 Å². The van der Waals surface area contributed by atoms with Crippen LogP contribution in [0.15, 0.2) is 146 Å². The number of aryl methyl sites for hydroxylation is 6. The maximum atomic E-state index is 15.0. The molecule has 0 atom stereocenters. The first kappa shape index (κ1) is 36.1. The Morgan fingerprint density at radius 3 is 1.08 bits per heavy atom. The molecule has 0 saturated heterocycles. The van der Waals surface area contributed by atoms with E-state index in [1.54, 1.807) is 0 Å². The largest absolute Gasteiger partial charge is 0.324 e. The fraction of sp³-hybridized carbons (Fsp3) is 0.283. The van der Waals surface area contributed by atoms with Gasteiger partial charge in [-0.05, 0) is 43.9 Å². The molecule has 260 valence electrons. The van der Waals surface area contributed by atoms with Crippen molar-refractivity contribution < 1.29 is 18.3 Å². The average molecular weight is 695 g/mol. The SMILES string of the molecule is Cc1ccc(CCCP(=O)(CCc2ccc(C)[n+](Cc3ccccc3)c2)CCc2ccc(C)[n+](Cc3ccccc3)c2)c[n+]1Cc1ccccc1. The zero-order valence-electron chi connectivity index (χ0n) is 30.6. The first-order chi connectivity index (χ1) is 24.8. The Balaban J connectivity index is 1.16. The van der Waals surface area contributed by atoms with Gasteiger partial charge in [0.25, 0.3) is 0 Å². The molecule has 0 unspecified atom stereocenters. The van der Waals surface area contributed by atoms with Crippen molar-refractivity contribution in [3.8, 4) is 0 Å². The van der Waals surface area contributed by atoms with Crippen LogP contribution < -0.4 is 13.7 Å². The third-order valence-electron chi connectivity index (χ3n) is 10.2. The molecule has 0 radical (unpaired) electrons. The smallest absolute Gasteiger partial charge is 0.178 e. The summed E-state index contributed by atoms with van der Waals surface area (Å²) in [6.45, 7) is 9.05. The highest BCUT2D eigenvalue weighted by molar-refractivity contribution is 7.63. The summed E-state index contributed by atoms with van der Waals surface area (Å²) in [7, 11) is -2.48. The van der Waals surface area contributed by atoms with E-state index in [9.17, 15) is 4.57 Å². The molecular formula is C46H53N3OP+3. The molecule has 0 fully saturated rings. The second kappa shape index (κ2) is 17.5. The number of pyridine rings is 3. The molecule has 0 aliphatic carbocycles. The molecule has 0 aliphatic rings. The fourth-order valence-electron chi connectivity index (χ4n) is 6.87. The highest BCUT2D eigenvalue weighted by Gasteiger charge is 2.24. The van der Waals surface area contributed by atoms with Crippen LogP contribution in [0.2, 0.25) is 0 Å². The van der Waals surface area contributed by atoms with E-state index in [0.717, 1.165) is 63.8 Å². The normalized spacial score (nSPS) is 11.5. The van der Waals surface area contributed by atoms with E-state index in [-0.39, 0.29) is 0 Å². The molecule has 4 nitrogen and oxygen atoms in total. The molecule has 3 aromatic heterocycles. The minimum absolute atomic E-state index is 0.735. The zero-order valence-corrected chi connectivity index (χ0v) is 31.5. The first-order valence-electron chi connectivity index (χ1n) is 18.5. The number of nitrogens with zero attached hydrogens (tertiary/aromatic N) is 3. The number of benzene rings is 3. The molecule has 0 spiro atoms. The number of aromatic nitrogens is 3. The van der Waals surface area contributed by atoms with E-state index in [1.165, 1.54) is 50.5 Å². The van der Waals surface area contributed by atoms with E-state index < -0.39 is 7.14 Å². The van der Waals surface area contributed by atoms with Gasteiger partial charge in [0.15, 0.2) is 55.3 Å². The van der Waals surface area contributed by atoms with Gasteiger partial charge in [0.2, 0.25) is 0 Å². The maximum Gasteiger partial charge on any atom is 0.178 e. The Morgan fingerprint density at radius 2 is 0.725 bits per heavy atom. The molecule has 5 heteroatoms. The predicted octanol–water partition coefficient (Wildman–Crippen LogP) is 8.40. The summed E-state index contributed by atoms with van der Waals surface area (Å²) in [5.41, 5.74) is 11.4. The van der Waals surface area contributed by atoms with Crippen LogP contribution in [0.5, 0.6) is 0 Å². The van der Waals surface area contributed by atoms with Gasteiger partial charge >= 0.3 is 0 Å². The van der Waals surface area contributed by atoms with Crippen molar-refractivity contribution in [3.63, 3.8) is 0 Å². The van der Waals surface area contributed by atoms with Crippen LogP contribution in [0.1, 0.15) is 56.9 Å². The van der Waals surface area contributed by atoms with Crippen LogP contribution in [-0.2, 0) is 43.5 Å². The van der Waals surface area contributed by atoms with E-state index in [2.05, 4.69) is 180 Å². The van der Waals surface area contributed by atoms with Crippen molar-refractivity contribution in [1.82, 2.24) is 0 Å². The van der Waals surface area contributed by atoms with Crippen LogP contribution in [0, 0.1) is 20.8 Å². The van der Waals surface area contributed by atoms with Gasteiger partial charge < -0.3 is 4.57 Å². The summed E-state index contributed by atoms with van der Waals surface area (Å²) in [6.07, 6.45) is 12.6. The van der Waals surface area contributed by atoms with Gasteiger partial charge in [-0.1, -0.05) is 91.0 Å². The number of hydrogen-bond acceptors (Lipinski definition) is 1. The third kappa shape index (κ3) is 10.7. The van der Waals surface area contributed by atoms with Crippen LogP contribution >= 0.6 is 7.14 Å². The minimum Gasteiger partial charge on any atom is -0.324 e. The van der Waals surface area contributed by atoms with Crippen LogP contribution in [0.4, 0.5) is 0 Å². The summed E-state index contributed by atoms with van der Waals surface area (Å²) in [5.74, 6) is 0. The van der Waals surface area contributed by atoms with Gasteiger partial charge in [0.05, 0.1) is 7.14 Å². The van der Waals surface area contributed by atoms with Crippen LogP contribution in [-0.4, -0.2) is 18.5 Å². The Bertz CT molecular complexity index is 1960. The van der Waals surface area contributed by atoms with Gasteiger partial charge in [-0.15, -0.1) is 0 Å². The van der Waals surface area contributed by atoms with Crippen LogP contribution in [0.3, 0.4) is 0 Å². The lowest BCUT2D eigenvalue weighted by Crippen LogP contribution is -2.38. The molecule has 0 aliphatic heterocycles. The molecule has 6 rings (SSSR count). The minimum atomic E-state index is -2.48. The number of rotatable bonds is 16. The summed E-state index contributed by atoms with van der Waals surface area (Å²) >= 11 is 0. The maximum absolute atomic E-state index is 15.0. The Kier molecular flexibility index (Phi) is 12.4. The molecular weight excluding hydrogens is 642 g/mol.